The second kappa shape index (κ2) is 35.7. The van der Waals surface area contributed by atoms with Crippen LogP contribution in [0.5, 0.6) is 0 Å². The van der Waals surface area contributed by atoms with Crippen molar-refractivity contribution in [2.75, 3.05) is 6.61 Å². The minimum Gasteiger partial charge on any atom is -0.456 e. The normalized spacial score (nSPS) is 40.6. The van der Waals surface area contributed by atoms with Gasteiger partial charge < -0.3 is 107 Å². The van der Waals surface area contributed by atoms with E-state index >= 15 is 0 Å². The van der Waals surface area contributed by atoms with Crippen LogP contribution in [-0.4, -0.2) is 231 Å². The molecule has 0 unspecified atom stereocenters. The molecule has 2 bridgehead atoms. The van der Waals surface area contributed by atoms with E-state index in [0.29, 0.717) is 37.7 Å². The second-order valence-electron chi connectivity index (χ2n) is 25.2. The number of hydrogen-bond acceptors (Lipinski definition) is 26. The maximum absolute atomic E-state index is 14.3. The van der Waals surface area contributed by atoms with Crippen LogP contribution >= 0.6 is 0 Å². The van der Waals surface area contributed by atoms with E-state index in [9.17, 15) is 60.0 Å². The van der Waals surface area contributed by atoms with Crippen LogP contribution in [-0.2, 0) is 85.5 Å². The standard InChI is InChI=1S/C65H102O26/c1-10-13-20-27-40-28-23-17-15-14-16-18-24-29-42(67)84-55-50(75)63(90-56-47(72)45(70)41(32-66)83-64(56)82-40)80-37(8)52(55)89-65-58(87-60(77)34(5)12-3)57(91-61-48(73)46(71)44(69)35(6)78-61)53(38(9)81-65)88-62-49(74)54(51(36(7)79-62)86-59(76)33(4)11-2)85-43(68)31-30-39-25-21-19-22-26-39/h19,21-22,25-26,30-31,33-38,40-41,44-58,61-66,69-75H,10-18,20,23-24,27-29,32H2,1-9H3/t33-,34-,35-,36-,37-,38-,40-,41+,44-,45+,46+,47-,48+,49+,50+,51-,52-,53-,54-,55-,56+,57+,58+,61-,62-,63-,64+,65-/m0/s1. The fraction of sp³-hybridized carbons (Fsp3) is 0.815. The fourth-order valence-electron chi connectivity index (χ4n) is 12.0. The molecule has 0 aromatic heterocycles. The number of fused-ring (bicyclic) bond motifs is 3. The molecule has 28 atom stereocenters. The lowest BCUT2D eigenvalue weighted by Crippen LogP contribution is -2.68. The first kappa shape index (κ1) is 74.5. The molecule has 6 saturated heterocycles. The van der Waals surface area contributed by atoms with Crippen LogP contribution < -0.4 is 0 Å². The maximum Gasteiger partial charge on any atom is 0.331 e. The molecule has 26 nitrogen and oxygen atoms in total. The first-order valence-corrected chi connectivity index (χ1v) is 33.0. The van der Waals surface area contributed by atoms with Crippen molar-refractivity contribution in [3.63, 3.8) is 0 Å². The van der Waals surface area contributed by atoms with E-state index < -0.39 is 196 Å². The zero-order chi connectivity index (χ0) is 66.2. The Morgan fingerprint density at radius 1 is 0.538 bits per heavy atom. The van der Waals surface area contributed by atoms with Gasteiger partial charge in [-0.15, -0.1) is 0 Å². The smallest absolute Gasteiger partial charge is 0.331 e. The van der Waals surface area contributed by atoms with Crippen LogP contribution in [0.4, 0.5) is 0 Å². The van der Waals surface area contributed by atoms with Crippen LogP contribution in [0, 0.1) is 11.8 Å². The maximum atomic E-state index is 14.3. The first-order chi connectivity index (χ1) is 43.5. The Hall–Kier alpha value is -3.88. The van der Waals surface area contributed by atoms with Gasteiger partial charge in [-0.25, -0.2) is 4.79 Å². The number of aliphatic hydroxyl groups excluding tert-OH is 8. The number of aliphatic hydroxyl groups is 8. The summed E-state index contributed by atoms with van der Waals surface area (Å²) in [6.07, 6.45) is -28.0. The van der Waals surface area contributed by atoms with Gasteiger partial charge in [0.1, 0.15) is 73.2 Å². The number of rotatable bonds is 20. The molecule has 0 radical (unpaired) electrons. The molecule has 0 aliphatic carbocycles. The second-order valence-corrected chi connectivity index (χ2v) is 25.2. The van der Waals surface area contributed by atoms with Crippen molar-refractivity contribution < 1.29 is 126 Å². The summed E-state index contributed by atoms with van der Waals surface area (Å²) in [5.41, 5.74) is 0.655. The van der Waals surface area contributed by atoms with Crippen LogP contribution in [0.15, 0.2) is 36.4 Å². The van der Waals surface area contributed by atoms with E-state index in [1.165, 1.54) is 33.8 Å². The lowest BCUT2D eigenvalue weighted by Gasteiger charge is -2.51. The summed E-state index contributed by atoms with van der Waals surface area (Å²) in [5.74, 6) is -4.55. The molecular formula is C65H102O26. The van der Waals surface area contributed by atoms with E-state index in [1.54, 1.807) is 58.0 Å². The summed E-state index contributed by atoms with van der Waals surface area (Å²) in [6.45, 7) is 14.1. The Balaban J connectivity index is 1.25. The summed E-state index contributed by atoms with van der Waals surface area (Å²) >= 11 is 0. The van der Waals surface area contributed by atoms with Crippen molar-refractivity contribution in [2.24, 2.45) is 11.8 Å². The van der Waals surface area contributed by atoms with Crippen LogP contribution in [0.2, 0.25) is 0 Å². The van der Waals surface area contributed by atoms with Crippen molar-refractivity contribution in [3.8, 4) is 0 Å². The monoisotopic (exact) mass is 1300 g/mol. The molecular weight excluding hydrogens is 1200 g/mol. The van der Waals surface area contributed by atoms with Crippen molar-refractivity contribution >= 4 is 30.0 Å². The third-order valence-corrected chi connectivity index (χ3v) is 18.2. The van der Waals surface area contributed by atoms with E-state index in [1.807, 2.05) is 0 Å². The number of carbonyl (C=O) groups excluding carboxylic acids is 4. The topological polar surface area (TPSA) is 359 Å². The summed E-state index contributed by atoms with van der Waals surface area (Å²) in [5, 5.41) is 91.6. The van der Waals surface area contributed by atoms with E-state index in [2.05, 4.69) is 6.92 Å². The highest BCUT2D eigenvalue weighted by Gasteiger charge is 2.59. The van der Waals surface area contributed by atoms with Gasteiger partial charge in [0.25, 0.3) is 0 Å². The first-order valence-electron chi connectivity index (χ1n) is 33.0. The number of hydrogen-bond donors (Lipinski definition) is 8. The van der Waals surface area contributed by atoms with Gasteiger partial charge in [-0.05, 0) is 71.4 Å². The van der Waals surface area contributed by atoms with Crippen LogP contribution in [0.25, 0.3) is 6.08 Å². The molecule has 0 spiro atoms. The highest BCUT2D eigenvalue weighted by atomic mass is 16.8. The molecule has 6 fully saturated rings. The Labute approximate surface area is 533 Å². The Kier molecular flexibility index (Phi) is 29.3. The molecule has 26 heteroatoms. The molecule has 1 aromatic carbocycles. The van der Waals surface area contributed by atoms with Gasteiger partial charge >= 0.3 is 23.9 Å². The lowest BCUT2D eigenvalue weighted by molar-refractivity contribution is -0.400. The van der Waals surface area contributed by atoms with Gasteiger partial charge in [-0.3, -0.25) is 14.4 Å². The third-order valence-electron chi connectivity index (χ3n) is 18.2. The Morgan fingerprint density at radius 2 is 1.12 bits per heavy atom. The van der Waals surface area contributed by atoms with Crippen molar-refractivity contribution in [1.82, 2.24) is 0 Å². The van der Waals surface area contributed by atoms with Gasteiger partial charge in [0.05, 0.1) is 49.0 Å². The number of esters is 4. The average Bonchev–Trinajstić information content (AvgIpc) is 0.809. The highest BCUT2D eigenvalue weighted by Crippen LogP contribution is 2.40. The Morgan fingerprint density at radius 3 is 1.78 bits per heavy atom. The fourth-order valence-corrected chi connectivity index (χ4v) is 12.0. The molecule has 1 aromatic rings. The molecule has 6 heterocycles. The molecule has 6 aliphatic rings. The average molecular weight is 1300 g/mol. The molecule has 91 heavy (non-hydrogen) atoms. The quantitative estimate of drug-likeness (QED) is 0.0399. The van der Waals surface area contributed by atoms with Gasteiger partial charge in [0.15, 0.2) is 55.9 Å². The predicted molar refractivity (Wildman–Crippen MR) is 319 cm³/mol. The van der Waals surface area contributed by atoms with E-state index in [-0.39, 0.29) is 18.9 Å². The van der Waals surface area contributed by atoms with Crippen molar-refractivity contribution in [1.29, 1.82) is 0 Å². The van der Waals surface area contributed by atoms with Crippen LogP contribution in [0.3, 0.4) is 0 Å². The number of carbonyl (C=O) groups is 4. The summed E-state index contributed by atoms with van der Waals surface area (Å²) in [7, 11) is 0. The molecule has 8 N–H and O–H groups in total. The molecule has 0 amide bonds. The zero-order valence-corrected chi connectivity index (χ0v) is 53.9. The summed E-state index contributed by atoms with van der Waals surface area (Å²) in [6, 6.07) is 8.84. The largest absolute Gasteiger partial charge is 0.456 e. The lowest BCUT2D eigenvalue weighted by atomic mass is 9.95. The van der Waals surface area contributed by atoms with Crippen molar-refractivity contribution in [2.45, 2.75) is 318 Å². The van der Waals surface area contributed by atoms with E-state index in [4.69, 9.17) is 66.3 Å². The summed E-state index contributed by atoms with van der Waals surface area (Å²) in [4.78, 5) is 55.4. The number of unbranched alkanes of at least 4 members (excludes halogenated alkanes) is 2. The van der Waals surface area contributed by atoms with Gasteiger partial charge in [0.2, 0.25) is 0 Å². The minimum absolute atomic E-state index is 0.0705. The van der Waals surface area contributed by atoms with Gasteiger partial charge in [-0.2, -0.15) is 0 Å². The number of benzene rings is 1. The highest BCUT2D eigenvalue weighted by molar-refractivity contribution is 5.87. The van der Waals surface area contributed by atoms with Crippen molar-refractivity contribution in [3.05, 3.63) is 42.0 Å². The SMILES string of the molecule is CCCCC[C@H]1CCCCCCCCCC(=O)O[C@H]2[C@@H](O)[C@H](O[C@H]3[C@H](O1)O[C@H](CO)[C@@H](O)[C@@H]3O)O[C@@H](C)[C@@H]2O[C@@H]1O[C@@H](C)[C@H](O[C@@H]2O[C@@H](C)[C@H](OC(=O)[C@@H](C)CC)[C@@H](OC(=O)C=Cc3ccccc3)[C@H]2O)[C@@H](O[C@@H]2O[C@@H](C)[C@H](O)[C@@H](O)[C@H]2O)[C@H]1OC(=O)[C@@H](C)CC. The zero-order valence-electron chi connectivity index (χ0n) is 53.9. The third kappa shape index (κ3) is 19.6. The molecule has 7 rings (SSSR count). The molecule has 0 saturated carbocycles. The minimum atomic E-state index is -1.96. The van der Waals surface area contributed by atoms with Gasteiger partial charge in [-0.1, -0.05) is 123 Å². The summed E-state index contributed by atoms with van der Waals surface area (Å²) < 4.78 is 88.7. The number of ether oxygens (including phenoxy) is 14. The predicted octanol–water partition coefficient (Wildman–Crippen LogP) is 3.69. The Bertz CT molecular complexity index is 2400. The molecule has 6 aliphatic heterocycles. The van der Waals surface area contributed by atoms with Gasteiger partial charge in [0, 0.05) is 12.5 Å². The molecule has 518 valence electrons. The van der Waals surface area contributed by atoms with E-state index in [0.717, 1.165) is 57.4 Å². The van der Waals surface area contributed by atoms with Crippen LogP contribution in [0.1, 0.15) is 164 Å².